The highest BCUT2D eigenvalue weighted by atomic mass is 19.1. The average Bonchev–Trinajstić information content (AvgIpc) is 3.31. The summed E-state index contributed by atoms with van der Waals surface area (Å²) in [5, 5.41) is 10.5. The van der Waals surface area contributed by atoms with Gasteiger partial charge in [0, 0.05) is 29.0 Å². The highest BCUT2D eigenvalue weighted by Gasteiger charge is 2.19. The summed E-state index contributed by atoms with van der Waals surface area (Å²) in [5.41, 5.74) is 2.96. The van der Waals surface area contributed by atoms with Gasteiger partial charge in [0.05, 0.1) is 11.7 Å². The summed E-state index contributed by atoms with van der Waals surface area (Å²) >= 11 is 0. The van der Waals surface area contributed by atoms with E-state index in [1.54, 1.807) is 29.1 Å². The van der Waals surface area contributed by atoms with Crippen LogP contribution in [-0.2, 0) is 0 Å². The predicted molar refractivity (Wildman–Crippen MR) is 105 cm³/mol. The summed E-state index contributed by atoms with van der Waals surface area (Å²) < 4.78 is 21.0. The number of hydrogen-bond donors (Lipinski definition) is 2. The lowest BCUT2D eigenvalue weighted by atomic mass is 10.1. The Labute approximate surface area is 161 Å². The van der Waals surface area contributed by atoms with Crippen molar-refractivity contribution in [1.29, 1.82) is 0 Å². The van der Waals surface area contributed by atoms with Gasteiger partial charge in [-0.15, -0.1) is 0 Å². The molecule has 0 spiro atoms. The summed E-state index contributed by atoms with van der Waals surface area (Å²) in [4.78, 5) is 12.3. The molecule has 2 aromatic carbocycles. The van der Waals surface area contributed by atoms with Gasteiger partial charge < -0.3 is 15.1 Å². The molecule has 2 aromatic heterocycles. The molecule has 0 saturated heterocycles. The largest absolute Gasteiger partial charge is 0.459 e. The van der Waals surface area contributed by atoms with E-state index in [4.69, 9.17) is 4.42 Å². The standard InChI is InChI=1S/C21H19FN4O2/c1-13-18-12-15(22)4-9-19(18)28-20(13)14(2)24-21(27)25-16-5-7-17(8-6-16)26-11-3-10-23-26/h3-12,14H,1-2H3,(H2,24,25,27)/t14-/m1/s1. The van der Waals surface area contributed by atoms with Crippen LogP contribution in [0.2, 0.25) is 0 Å². The van der Waals surface area contributed by atoms with E-state index in [1.807, 2.05) is 38.2 Å². The Bertz CT molecular complexity index is 1120. The highest BCUT2D eigenvalue weighted by molar-refractivity contribution is 5.90. The second-order valence-electron chi connectivity index (χ2n) is 6.55. The lowest BCUT2D eigenvalue weighted by Gasteiger charge is -2.14. The molecule has 0 bridgehead atoms. The van der Waals surface area contributed by atoms with Crippen molar-refractivity contribution in [3.8, 4) is 5.69 Å². The highest BCUT2D eigenvalue weighted by Crippen LogP contribution is 2.30. The molecule has 1 atom stereocenters. The first-order valence-electron chi connectivity index (χ1n) is 8.87. The average molecular weight is 378 g/mol. The zero-order valence-corrected chi connectivity index (χ0v) is 15.4. The summed E-state index contributed by atoms with van der Waals surface area (Å²) in [6.45, 7) is 3.67. The third-order valence-corrected chi connectivity index (χ3v) is 4.57. The summed E-state index contributed by atoms with van der Waals surface area (Å²) in [5.74, 6) is 0.282. The molecule has 0 radical (unpaired) electrons. The number of carbonyl (C=O) groups excluding carboxylic acids is 1. The van der Waals surface area contributed by atoms with Crippen molar-refractivity contribution < 1.29 is 13.6 Å². The maximum atomic E-state index is 13.5. The number of benzene rings is 2. The molecule has 6 nitrogen and oxygen atoms in total. The summed E-state index contributed by atoms with van der Waals surface area (Å²) in [6.07, 6.45) is 3.55. The second kappa shape index (κ2) is 7.19. The first kappa shape index (κ1) is 17.8. The van der Waals surface area contributed by atoms with Gasteiger partial charge in [0.25, 0.3) is 0 Å². The molecule has 0 unspecified atom stereocenters. The smallest absolute Gasteiger partial charge is 0.319 e. The van der Waals surface area contributed by atoms with Crippen molar-refractivity contribution in [2.24, 2.45) is 0 Å². The van der Waals surface area contributed by atoms with E-state index in [9.17, 15) is 9.18 Å². The van der Waals surface area contributed by atoms with Gasteiger partial charge in [-0.2, -0.15) is 5.10 Å². The van der Waals surface area contributed by atoms with Crippen LogP contribution in [-0.4, -0.2) is 15.8 Å². The number of urea groups is 1. The molecule has 4 aromatic rings. The second-order valence-corrected chi connectivity index (χ2v) is 6.55. The van der Waals surface area contributed by atoms with Gasteiger partial charge in [-0.05, 0) is 62.4 Å². The van der Waals surface area contributed by atoms with Crippen molar-refractivity contribution >= 4 is 22.7 Å². The minimum Gasteiger partial charge on any atom is -0.459 e. The molecule has 2 heterocycles. The van der Waals surface area contributed by atoms with E-state index < -0.39 is 0 Å². The lowest BCUT2D eigenvalue weighted by molar-refractivity contribution is 0.248. The molecule has 0 aliphatic carbocycles. The topological polar surface area (TPSA) is 72.1 Å². The first-order chi connectivity index (χ1) is 13.5. The van der Waals surface area contributed by atoms with Gasteiger partial charge in [0.15, 0.2) is 0 Å². The van der Waals surface area contributed by atoms with Crippen LogP contribution in [0.25, 0.3) is 16.7 Å². The molecule has 4 rings (SSSR count). The van der Waals surface area contributed by atoms with Crippen LogP contribution in [0.15, 0.2) is 65.3 Å². The fraction of sp³-hybridized carbons (Fsp3) is 0.143. The Morgan fingerprint density at radius 2 is 2.00 bits per heavy atom. The van der Waals surface area contributed by atoms with Gasteiger partial charge in [0.2, 0.25) is 0 Å². The number of fused-ring (bicyclic) bond motifs is 1. The SMILES string of the molecule is Cc1c([C@@H](C)NC(=O)Nc2ccc(-n3cccn3)cc2)oc2ccc(F)cc12. The van der Waals surface area contributed by atoms with Crippen molar-refractivity contribution in [3.63, 3.8) is 0 Å². The van der Waals surface area contributed by atoms with E-state index in [1.165, 1.54) is 12.1 Å². The number of rotatable bonds is 4. The van der Waals surface area contributed by atoms with E-state index >= 15 is 0 Å². The van der Waals surface area contributed by atoms with E-state index in [2.05, 4.69) is 15.7 Å². The molecular weight excluding hydrogens is 359 g/mol. The molecule has 7 heteroatoms. The zero-order valence-electron chi connectivity index (χ0n) is 15.4. The third-order valence-electron chi connectivity index (χ3n) is 4.57. The van der Waals surface area contributed by atoms with Gasteiger partial charge in [-0.3, -0.25) is 0 Å². The monoisotopic (exact) mass is 378 g/mol. The normalized spacial score (nSPS) is 12.1. The van der Waals surface area contributed by atoms with Crippen molar-refractivity contribution in [2.45, 2.75) is 19.9 Å². The zero-order chi connectivity index (χ0) is 19.7. The lowest BCUT2D eigenvalue weighted by Crippen LogP contribution is -2.31. The number of amides is 2. The molecule has 2 amide bonds. The van der Waals surface area contributed by atoms with Crippen LogP contribution in [0.1, 0.15) is 24.3 Å². The van der Waals surface area contributed by atoms with E-state index in [0.717, 1.165) is 11.3 Å². The van der Waals surface area contributed by atoms with E-state index in [0.29, 0.717) is 22.4 Å². The number of carbonyl (C=O) groups is 1. The minimum atomic E-state index is -0.376. The molecule has 28 heavy (non-hydrogen) atoms. The predicted octanol–water partition coefficient (Wildman–Crippen LogP) is 4.95. The van der Waals surface area contributed by atoms with E-state index in [-0.39, 0.29) is 17.9 Å². The maximum absolute atomic E-state index is 13.5. The Kier molecular flexibility index (Phi) is 4.57. The van der Waals surface area contributed by atoms with Gasteiger partial charge in [-0.25, -0.2) is 13.9 Å². The molecular formula is C21H19FN4O2. The van der Waals surface area contributed by atoms with Gasteiger partial charge in [0.1, 0.15) is 17.2 Å². The van der Waals surface area contributed by atoms with Crippen LogP contribution in [0, 0.1) is 12.7 Å². The van der Waals surface area contributed by atoms with Crippen molar-refractivity contribution in [1.82, 2.24) is 15.1 Å². The molecule has 0 saturated carbocycles. The summed E-state index contributed by atoms with van der Waals surface area (Å²) in [6, 6.07) is 12.8. The van der Waals surface area contributed by atoms with Gasteiger partial charge >= 0.3 is 6.03 Å². The first-order valence-corrected chi connectivity index (χ1v) is 8.87. The maximum Gasteiger partial charge on any atom is 0.319 e. The number of furan rings is 1. The Hall–Kier alpha value is -3.61. The fourth-order valence-electron chi connectivity index (χ4n) is 3.17. The summed E-state index contributed by atoms with van der Waals surface area (Å²) in [7, 11) is 0. The van der Waals surface area contributed by atoms with Crippen LogP contribution in [0.3, 0.4) is 0 Å². The number of aryl methyl sites for hydroxylation is 1. The Balaban J connectivity index is 1.44. The number of hydrogen-bond acceptors (Lipinski definition) is 3. The number of anilines is 1. The quantitative estimate of drug-likeness (QED) is 0.528. The Morgan fingerprint density at radius 1 is 1.21 bits per heavy atom. The van der Waals surface area contributed by atoms with Crippen LogP contribution < -0.4 is 10.6 Å². The molecule has 142 valence electrons. The molecule has 0 fully saturated rings. The third kappa shape index (κ3) is 3.46. The minimum absolute atomic E-state index is 0.320. The number of halogens is 1. The van der Waals surface area contributed by atoms with Crippen LogP contribution in [0.4, 0.5) is 14.9 Å². The molecule has 2 N–H and O–H groups in total. The number of aromatic nitrogens is 2. The fourth-order valence-corrected chi connectivity index (χ4v) is 3.17. The van der Waals surface area contributed by atoms with Crippen LogP contribution in [0.5, 0.6) is 0 Å². The molecule has 0 aliphatic heterocycles. The van der Waals surface area contributed by atoms with Crippen LogP contribution >= 0.6 is 0 Å². The number of nitrogens with one attached hydrogen (secondary N) is 2. The van der Waals surface area contributed by atoms with Crippen molar-refractivity contribution in [2.75, 3.05) is 5.32 Å². The van der Waals surface area contributed by atoms with Gasteiger partial charge in [-0.1, -0.05) is 0 Å². The Morgan fingerprint density at radius 3 is 2.71 bits per heavy atom. The number of nitrogens with zero attached hydrogens (tertiary/aromatic N) is 2. The molecule has 0 aliphatic rings. The van der Waals surface area contributed by atoms with Crippen molar-refractivity contribution in [3.05, 3.63) is 78.1 Å².